The monoisotopic (exact) mass is 346 g/mol. The topological polar surface area (TPSA) is 29.3 Å². The number of rotatable bonds is 5. The fraction of sp³-hybridized carbons (Fsp3) is 0.333. The van der Waals surface area contributed by atoms with Crippen molar-refractivity contribution in [3.8, 4) is 0 Å². The largest absolute Gasteiger partial charge is 0.374 e. The number of aryl methyl sites for hydroxylation is 2. The van der Waals surface area contributed by atoms with Gasteiger partial charge in [-0.05, 0) is 43.5 Å². The Bertz CT molecular complexity index is 610. The van der Waals surface area contributed by atoms with Gasteiger partial charge < -0.3 is 10.6 Å². The van der Waals surface area contributed by atoms with Gasteiger partial charge in [0.05, 0.1) is 0 Å². The average molecular weight is 347 g/mol. The molecule has 0 aliphatic carbocycles. The van der Waals surface area contributed by atoms with Crippen molar-refractivity contribution in [2.45, 2.75) is 26.3 Å². The van der Waals surface area contributed by atoms with Crippen LogP contribution < -0.4 is 10.6 Å². The molecule has 0 radical (unpaired) electrons. The van der Waals surface area contributed by atoms with Crippen molar-refractivity contribution >= 4 is 21.6 Å². The van der Waals surface area contributed by atoms with E-state index in [2.05, 4.69) is 66.0 Å². The highest BCUT2D eigenvalue weighted by Crippen LogP contribution is 2.25. The minimum absolute atomic E-state index is 0.0498. The van der Waals surface area contributed by atoms with Crippen LogP contribution in [-0.2, 0) is 0 Å². The summed E-state index contributed by atoms with van der Waals surface area (Å²) in [5.74, 6) is 0. The molecule has 0 heterocycles. The van der Waals surface area contributed by atoms with E-state index in [0.717, 1.165) is 17.4 Å². The number of hydrogen-bond acceptors (Lipinski definition) is 2. The fourth-order valence-electron chi connectivity index (χ4n) is 2.62. The minimum Gasteiger partial charge on any atom is -0.374 e. The number of hydrogen-bond donors (Lipinski definition) is 1. The molecule has 0 spiro atoms. The molecule has 2 N–H and O–H groups in total. The van der Waals surface area contributed by atoms with Crippen LogP contribution in [-0.4, -0.2) is 13.6 Å². The summed E-state index contributed by atoms with van der Waals surface area (Å²) in [6.07, 6.45) is 0.923. The number of benzene rings is 2. The molecular weight excluding hydrogens is 324 g/mol. The van der Waals surface area contributed by atoms with Crippen LogP contribution in [0.15, 0.2) is 46.9 Å². The normalized spacial score (nSPS) is 12.2. The third kappa shape index (κ3) is 4.08. The molecule has 21 heavy (non-hydrogen) atoms. The highest BCUT2D eigenvalue weighted by atomic mass is 79.9. The van der Waals surface area contributed by atoms with Crippen molar-refractivity contribution in [1.29, 1.82) is 0 Å². The van der Waals surface area contributed by atoms with Gasteiger partial charge in [-0.2, -0.15) is 0 Å². The fourth-order valence-corrected chi connectivity index (χ4v) is 3.20. The zero-order chi connectivity index (χ0) is 15.4. The average Bonchev–Trinajstić information content (AvgIpc) is 2.45. The van der Waals surface area contributed by atoms with E-state index in [9.17, 15) is 0 Å². The third-order valence-electron chi connectivity index (χ3n) is 3.84. The van der Waals surface area contributed by atoms with Crippen molar-refractivity contribution in [3.63, 3.8) is 0 Å². The standard InChI is InChI=1S/C18H23BrN2/c1-13-8-9-18(14(2)12-13)21(3)11-10-17(20)15-6-4-5-7-16(15)19/h4-9,12,17H,10-11,20H2,1-3H3. The van der Waals surface area contributed by atoms with Crippen LogP contribution in [0.2, 0.25) is 0 Å². The first-order chi connectivity index (χ1) is 9.99. The van der Waals surface area contributed by atoms with Gasteiger partial charge in [-0.25, -0.2) is 0 Å². The summed E-state index contributed by atoms with van der Waals surface area (Å²) >= 11 is 3.57. The first-order valence-electron chi connectivity index (χ1n) is 7.27. The number of halogens is 1. The van der Waals surface area contributed by atoms with Gasteiger partial charge in [0, 0.05) is 29.8 Å². The summed E-state index contributed by atoms with van der Waals surface area (Å²) in [7, 11) is 2.13. The number of nitrogens with two attached hydrogens (primary N) is 1. The van der Waals surface area contributed by atoms with E-state index in [-0.39, 0.29) is 6.04 Å². The first-order valence-corrected chi connectivity index (χ1v) is 8.06. The second-order valence-corrected chi connectivity index (χ2v) is 6.48. The van der Waals surface area contributed by atoms with Gasteiger partial charge in [0.15, 0.2) is 0 Å². The molecule has 1 unspecified atom stereocenters. The van der Waals surface area contributed by atoms with Crippen molar-refractivity contribution in [2.24, 2.45) is 5.73 Å². The van der Waals surface area contributed by atoms with Gasteiger partial charge in [-0.3, -0.25) is 0 Å². The van der Waals surface area contributed by atoms with Gasteiger partial charge in [0.25, 0.3) is 0 Å². The number of nitrogens with zero attached hydrogens (tertiary/aromatic N) is 1. The molecule has 0 saturated heterocycles. The molecule has 112 valence electrons. The predicted molar refractivity (Wildman–Crippen MR) is 94.9 cm³/mol. The summed E-state index contributed by atoms with van der Waals surface area (Å²) < 4.78 is 1.09. The van der Waals surface area contributed by atoms with E-state index in [1.807, 2.05) is 18.2 Å². The van der Waals surface area contributed by atoms with E-state index in [1.165, 1.54) is 22.4 Å². The highest BCUT2D eigenvalue weighted by molar-refractivity contribution is 9.10. The zero-order valence-electron chi connectivity index (χ0n) is 12.9. The van der Waals surface area contributed by atoms with E-state index < -0.39 is 0 Å². The lowest BCUT2D eigenvalue weighted by molar-refractivity contribution is 0.643. The van der Waals surface area contributed by atoms with Gasteiger partial charge >= 0.3 is 0 Å². The Morgan fingerprint density at radius 2 is 1.86 bits per heavy atom. The summed E-state index contributed by atoms with van der Waals surface area (Å²) in [4.78, 5) is 2.28. The molecule has 0 amide bonds. The maximum Gasteiger partial charge on any atom is 0.0393 e. The Labute approximate surface area is 136 Å². The molecule has 2 rings (SSSR count). The maximum atomic E-state index is 6.33. The Balaban J connectivity index is 2.01. The summed E-state index contributed by atoms with van der Waals surface area (Å²) in [5.41, 5.74) is 11.4. The Morgan fingerprint density at radius 1 is 1.14 bits per heavy atom. The molecule has 2 aromatic carbocycles. The van der Waals surface area contributed by atoms with Crippen LogP contribution in [0.25, 0.3) is 0 Å². The lowest BCUT2D eigenvalue weighted by Gasteiger charge is -2.24. The molecule has 1 atom stereocenters. The quantitative estimate of drug-likeness (QED) is 0.857. The van der Waals surface area contributed by atoms with Gasteiger partial charge in [0.2, 0.25) is 0 Å². The molecule has 0 saturated carbocycles. The van der Waals surface area contributed by atoms with Crippen LogP contribution >= 0.6 is 15.9 Å². The Kier molecular flexibility index (Phi) is 5.43. The van der Waals surface area contributed by atoms with Crippen molar-refractivity contribution in [1.82, 2.24) is 0 Å². The van der Waals surface area contributed by atoms with Crippen LogP contribution in [0.5, 0.6) is 0 Å². The summed E-state index contributed by atoms with van der Waals surface area (Å²) in [6, 6.07) is 14.8. The van der Waals surface area contributed by atoms with Crippen LogP contribution in [0.4, 0.5) is 5.69 Å². The van der Waals surface area contributed by atoms with Crippen molar-refractivity contribution < 1.29 is 0 Å². The van der Waals surface area contributed by atoms with Crippen LogP contribution in [0.1, 0.15) is 29.2 Å². The van der Waals surface area contributed by atoms with Crippen LogP contribution in [0, 0.1) is 13.8 Å². The number of anilines is 1. The van der Waals surface area contributed by atoms with E-state index in [4.69, 9.17) is 5.73 Å². The van der Waals surface area contributed by atoms with Gasteiger partial charge in [-0.15, -0.1) is 0 Å². The molecule has 0 bridgehead atoms. The minimum atomic E-state index is 0.0498. The summed E-state index contributed by atoms with van der Waals surface area (Å²) in [5, 5.41) is 0. The molecule has 2 aromatic rings. The van der Waals surface area contributed by atoms with E-state index in [1.54, 1.807) is 0 Å². The third-order valence-corrected chi connectivity index (χ3v) is 4.57. The zero-order valence-corrected chi connectivity index (χ0v) is 14.5. The molecule has 0 aliphatic rings. The lowest BCUT2D eigenvalue weighted by Crippen LogP contribution is -2.24. The Hall–Kier alpha value is -1.32. The molecule has 0 aliphatic heterocycles. The maximum absolute atomic E-state index is 6.33. The second-order valence-electron chi connectivity index (χ2n) is 5.63. The first kappa shape index (κ1) is 16.1. The SMILES string of the molecule is Cc1ccc(N(C)CCC(N)c2ccccc2Br)c(C)c1. The van der Waals surface area contributed by atoms with Crippen molar-refractivity contribution in [2.75, 3.05) is 18.5 Å². The molecular formula is C18H23BrN2. The van der Waals surface area contributed by atoms with E-state index >= 15 is 0 Å². The smallest absolute Gasteiger partial charge is 0.0393 e. The molecule has 0 aromatic heterocycles. The highest BCUT2D eigenvalue weighted by Gasteiger charge is 2.11. The van der Waals surface area contributed by atoms with Gasteiger partial charge in [0.1, 0.15) is 0 Å². The lowest BCUT2D eigenvalue weighted by atomic mass is 10.0. The Morgan fingerprint density at radius 3 is 2.52 bits per heavy atom. The molecule has 2 nitrogen and oxygen atoms in total. The van der Waals surface area contributed by atoms with Crippen molar-refractivity contribution in [3.05, 3.63) is 63.6 Å². The van der Waals surface area contributed by atoms with Crippen LogP contribution in [0.3, 0.4) is 0 Å². The molecule has 3 heteroatoms. The predicted octanol–water partition coefficient (Wildman–Crippen LogP) is 4.59. The summed E-state index contributed by atoms with van der Waals surface area (Å²) in [6.45, 7) is 5.22. The van der Waals surface area contributed by atoms with E-state index in [0.29, 0.717) is 0 Å². The molecule has 0 fully saturated rings. The second kappa shape index (κ2) is 7.10. The van der Waals surface area contributed by atoms with Gasteiger partial charge in [-0.1, -0.05) is 51.8 Å².